The highest BCUT2D eigenvalue weighted by atomic mass is 15.3. The van der Waals surface area contributed by atoms with Crippen molar-refractivity contribution < 1.29 is 0 Å². The fraction of sp³-hybridized carbons (Fsp3) is 1.00. The van der Waals surface area contributed by atoms with Crippen LogP contribution in [0.15, 0.2) is 0 Å². The molecule has 0 aromatic carbocycles. The Morgan fingerprint density at radius 1 is 1.12 bits per heavy atom. The van der Waals surface area contributed by atoms with Crippen LogP contribution >= 0.6 is 0 Å². The molecule has 0 aromatic rings. The highest BCUT2D eigenvalue weighted by Crippen LogP contribution is 2.33. The van der Waals surface area contributed by atoms with E-state index in [1.165, 1.54) is 51.7 Å². The van der Waals surface area contributed by atoms with E-state index in [-0.39, 0.29) is 0 Å². The average molecular weight is 237 g/mol. The lowest BCUT2D eigenvalue weighted by Crippen LogP contribution is -2.48. The first-order chi connectivity index (χ1) is 8.28. The van der Waals surface area contributed by atoms with Gasteiger partial charge in [-0.25, -0.2) is 0 Å². The zero-order valence-corrected chi connectivity index (χ0v) is 11.1. The molecular weight excluding hydrogens is 210 g/mol. The molecule has 0 bridgehead atoms. The van der Waals surface area contributed by atoms with Gasteiger partial charge in [0.15, 0.2) is 0 Å². The standard InChI is InChI=1S/C14H27N3/c1-11-7-12(9-15)10-17(11)14-4-6-16-5-2-3-13(16)8-14/h11-14H,2-10,15H2,1H3. The Morgan fingerprint density at radius 3 is 2.76 bits per heavy atom. The number of nitrogens with two attached hydrogens (primary N) is 1. The molecule has 0 amide bonds. The Balaban J connectivity index is 1.61. The molecule has 0 aliphatic carbocycles. The van der Waals surface area contributed by atoms with Gasteiger partial charge in [-0.2, -0.15) is 0 Å². The van der Waals surface area contributed by atoms with Crippen LogP contribution in [0.3, 0.4) is 0 Å². The molecule has 3 rings (SSSR count). The molecule has 0 radical (unpaired) electrons. The van der Waals surface area contributed by atoms with Crippen LogP contribution < -0.4 is 5.73 Å². The highest BCUT2D eigenvalue weighted by molar-refractivity contribution is 4.94. The van der Waals surface area contributed by atoms with Gasteiger partial charge in [0.05, 0.1) is 0 Å². The molecule has 3 heteroatoms. The number of rotatable bonds is 2. The summed E-state index contributed by atoms with van der Waals surface area (Å²) in [6.07, 6.45) is 7.00. The van der Waals surface area contributed by atoms with Gasteiger partial charge in [-0.05, 0) is 64.6 Å². The van der Waals surface area contributed by atoms with Gasteiger partial charge >= 0.3 is 0 Å². The summed E-state index contributed by atoms with van der Waals surface area (Å²) < 4.78 is 0. The van der Waals surface area contributed by atoms with Crippen molar-refractivity contribution in [3.63, 3.8) is 0 Å². The first kappa shape index (κ1) is 11.9. The van der Waals surface area contributed by atoms with Crippen molar-refractivity contribution in [1.82, 2.24) is 9.80 Å². The lowest BCUT2D eigenvalue weighted by Gasteiger charge is -2.41. The van der Waals surface area contributed by atoms with Gasteiger partial charge in [-0.3, -0.25) is 4.90 Å². The van der Waals surface area contributed by atoms with Crippen molar-refractivity contribution in [3.05, 3.63) is 0 Å². The number of likely N-dealkylation sites (tertiary alicyclic amines) is 1. The zero-order valence-electron chi connectivity index (χ0n) is 11.1. The molecule has 3 heterocycles. The van der Waals surface area contributed by atoms with E-state index < -0.39 is 0 Å². The summed E-state index contributed by atoms with van der Waals surface area (Å²) >= 11 is 0. The minimum Gasteiger partial charge on any atom is -0.330 e. The normalized spacial score (nSPS) is 44.1. The van der Waals surface area contributed by atoms with E-state index >= 15 is 0 Å². The topological polar surface area (TPSA) is 32.5 Å². The number of fused-ring (bicyclic) bond motifs is 1. The second kappa shape index (κ2) is 4.87. The summed E-state index contributed by atoms with van der Waals surface area (Å²) in [6, 6.07) is 2.51. The number of nitrogens with zero attached hydrogens (tertiary/aromatic N) is 2. The summed E-state index contributed by atoms with van der Waals surface area (Å²) in [5.74, 6) is 0.756. The predicted molar refractivity (Wildman–Crippen MR) is 70.9 cm³/mol. The lowest BCUT2D eigenvalue weighted by atomic mass is 9.96. The third-order valence-electron chi connectivity index (χ3n) is 5.30. The summed E-state index contributed by atoms with van der Waals surface area (Å²) in [5.41, 5.74) is 5.84. The first-order valence-electron chi connectivity index (χ1n) is 7.47. The Labute approximate surface area is 105 Å². The van der Waals surface area contributed by atoms with Crippen molar-refractivity contribution in [2.45, 2.75) is 57.2 Å². The van der Waals surface area contributed by atoms with Crippen LogP contribution in [0.2, 0.25) is 0 Å². The minimum atomic E-state index is 0.756. The number of piperidine rings is 1. The lowest BCUT2D eigenvalue weighted by molar-refractivity contribution is 0.0821. The van der Waals surface area contributed by atoms with Crippen molar-refractivity contribution in [1.29, 1.82) is 0 Å². The third kappa shape index (κ3) is 2.25. The van der Waals surface area contributed by atoms with Crippen molar-refractivity contribution in [2.75, 3.05) is 26.2 Å². The van der Waals surface area contributed by atoms with Crippen LogP contribution in [0.1, 0.15) is 39.0 Å². The summed E-state index contributed by atoms with van der Waals surface area (Å²) in [5, 5.41) is 0. The minimum absolute atomic E-state index is 0.756. The van der Waals surface area contributed by atoms with E-state index in [1.54, 1.807) is 0 Å². The first-order valence-corrected chi connectivity index (χ1v) is 7.47. The summed E-state index contributed by atoms with van der Waals surface area (Å²) in [7, 11) is 0. The Kier molecular flexibility index (Phi) is 3.42. The van der Waals surface area contributed by atoms with E-state index in [4.69, 9.17) is 5.73 Å². The van der Waals surface area contributed by atoms with Crippen LogP contribution in [-0.4, -0.2) is 54.1 Å². The molecule has 3 fully saturated rings. The average Bonchev–Trinajstić information content (AvgIpc) is 2.93. The maximum Gasteiger partial charge on any atom is 0.0125 e. The smallest absolute Gasteiger partial charge is 0.0125 e. The van der Waals surface area contributed by atoms with Crippen LogP contribution in [-0.2, 0) is 0 Å². The molecule has 3 aliphatic heterocycles. The second-order valence-corrected chi connectivity index (χ2v) is 6.39. The molecule has 0 spiro atoms. The van der Waals surface area contributed by atoms with E-state index in [9.17, 15) is 0 Å². The predicted octanol–water partition coefficient (Wildman–Crippen LogP) is 1.28. The Hall–Kier alpha value is -0.120. The van der Waals surface area contributed by atoms with Gasteiger partial charge < -0.3 is 10.6 Å². The molecule has 98 valence electrons. The van der Waals surface area contributed by atoms with E-state index in [2.05, 4.69) is 16.7 Å². The van der Waals surface area contributed by atoms with Gasteiger partial charge in [-0.15, -0.1) is 0 Å². The van der Waals surface area contributed by atoms with Gasteiger partial charge in [0, 0.05) is 24.7 Å². The summed E-state index contributed by atoms with van der Waals surface area (Å²) in [6.45, 7) is 7.24. The highest BCUT2D eigenvalue weighted by Gasteiger charge is 2.38. The molecule has 4 unspecified atom stereocenters. The van der Waals surface area contributed by atoms with Gasteiger partial charge in [-0.1, -0.05) is 0 Å². The monoisotopic (exact) mass is 237 g/mol. The molecule has 3 aliphatic rings. The van der Waals surface area contributed by atoms with Crippen molar-refractivity contribution in [3.8, 4) is 0 Å². The molecule has 0 saturated carbocycles. The fourth-order valence-corrected chi connectivity index (χ4v) is 4.35. The maximum atomic E-state index is 5.84. The largest absolute Gasteiger partial charge is 0.330 e. The third-order valence-corrected chi connectivity index (χ3v) is 5.30. The molecule has 0 aromatic heterocycles. The zero-order chi connectivity index (χ0) is 11.8. The molecule has 4 atom stereocenters. The Bertz CT molecular complexity index is 268. The van der Waals surface area contributed by atoms with Gasteiger partial charge in [0.1, 0.15) is 0 Å². The van der Waals surface area contributed by atoms with Gasteiger partial charge in [0.25, 0.3) is 0 Å². The van der Waals surface area contributed by atoms with Crippen LogP contribution in [0.25, 0.3) is 0 Å². The van der Waals surface area contributed by atoms with E-state index in [0.717, 1.165) is 30.6 Å². The van der Waals surface area contributed by atoms with Crippen LogP contribution in [0, 0.1) is 5.92 Å². The molecule has 2 N–H and O–H groups in total. The van der Waals surface area contributed by atoms with Crippen molar-refractivity contribution in [2.24, 2.45) is 11.7 Å². The van der Waals surface area contributed by atoms with E-state index in [0.29, 0.717) is 0 Å². The fourth-order valence-electron chi connectivity index (χ4n) is 4.35. The maximum absolute atomic E-state index is 5.84. The van der Waals surface area contributed by atoms with Crippen molar-refractivity contribution >= 4 is 0 Å². The summed E-state index contributed by atoms with van der Waals surface area (Å²) in [4.78, 5) is 5.49. The molecule has 3 saturated heterocycles. The molecule has 3 nitrogen and oxygen atoms in total. The van der Waals surface area contributed by atoms with E-state index in [1.807, 2.05) is 0 Å². The molecular formula is C14H27N3. The quantitative estimate of drug-likeness (QED) is 0.785. The van der Waals surface area contributed by atoms with Gasteiger partial charge in [0.2, 0.25) is 0 Å². The molecule has 17 heavy (non-hydrogen) atoms. The van der Waals surface area contributed by atoms with Crippen LogP contribution in [0.4, 0.5) is 0 Å². The Morgan fingerprint density at radius 2 is 2.00 bits per heavy atom. The number of hydrogen-bond donors (Lipinski definition) is 1. The second-order valence-electron chi connectivity index (χ2n) is 6.39. The number of hydrogen-bond acceptors (Lipinski definition) is 3. The van der Waals surface area contributed by atoms with Crippen LogP contribution in [0.5, 0.6) is 0 Å². The SMILES string of the molecule is CC1CC(CN)CN1C1CCN2CCCC2C1.